The fraction of sp³-hybridized carbons (Fsp3) is 0.500. The van der Waals surface area contributed by atoms with Crippen molar-refractivity contribution in [2.75, 3.05) is 12.3 Å². The number of hydrogen-bond acceptors (Lipinski definition) is 3. The van der Waals surface area contributed by atoms with E-state index in [-0.39, 0.29) is 18.3 Å². The van der Waals surface area contributed by atoms with E-state index in [0.717, 1.165) is 25.1 Å². The van der Waals surface area contributed by atoms with Gasteiger partial charge in [-0.1, -0.05) is 0 Å². The summed E-state index contributed by atoms with van der Waals surface area (Å²) in [5.74, 6) is 0.169. The molecule has 17 heavy (non-hydrogen) atoms. The van der Waals surface area contributed by atoms with E-state index in [0.29, 0.717) is 18.2 Å². The first-order valence-electron chi connectivity index (χ1n) is 5.70. The molecule has 2 N–H and O–H groups in total. The van der Waals surface area contributed by atoms with E-state index in [1.807, 2.05) is 17.9 Å². The van der Waals surface area contributed by atoms with E-state index in [1.54, 1.807) is 12.3 Å². The predicted molar refractivity (Wildman–Crippen MR) is 70.0 cm³/mol. The third-order valence-corrected chi connectivity index (χ3v) is 2.83. The summed E-state index contributed by atoms with van der Waals surface area (Å²) in [6.45, 7) is 2.81. The SMILES string of the molecule is CCN(C(=O)Cc1ccc(N)cn1)C1CC1.Cl. The molecule has 1 aromatic rings. The van der Waals surface area contributed by atoms with Crippen LogP contribution < -0.4 is 5.73 Å². The summed E-state index contributed by atoms with van der Waals surface area (Å²) in [5, 5.41) is 0. The van der Waals surface area contributed by atoms with Gasteiger partial charge in [-0.2, -0.15) is 0 Å². The number of carbonyl (C=O) groups excluding carboxylic acids is 1. The molecule has 0 aliphatic heterocycles. The van der Waals surface area contributed by atoms with Crippen LogP contribution in [0.5, 0.6) is 0 Å². The predicted octanol–water partition coefficient (Wildman–Crippen LogP) is 1.64. The van der Waals surface area contributed by atoms with Gasteiger partial charge in [0, 0.05) is 18.3 Å². The van der Waals surface area contributed by atoms with Crippen molar-refractivity contribution in [1.82, 2.24) is 9.88 Å². The summed E-state index contributed by atoms with van der Waals surface area (Å²) in [7, 11) is 0. The molecular weight excluding hydrogens is 238 g/mol. The number of nitrogens with zero attached hydrogens (tertiary/aromatic N) is 2. The zero-order valence-corrected chi connectivity index (χ0v) is 10.7. The average Bonchev–Trinajstić information content (AvgIpc) is 3.07. The first-order valence-corrected chi connectivity index (χ1v) is 5.70. The standard InChI is InChI=1S/C12H17N3O.ClH/c1-2-15(11-5-6-11)12(16)7-10-4-3-9(13)8-14-10;/h3-4,8,11H,2,5-7,13H2,1H3;1H. The van der Waals surface area contributed by atoms with E-state index < -0.39 is 0 Å². The number of amides is 1. The largest absolute Gasteiger partial charge is 0.397 e. The van der Waals surface area contributed by atoms with Crippen LogP contribution in [0.25, 0.3) is 0 Å². The van der Waals surface area contributed by atoms with Crippen LogP contribution in [-0.2, 0) is 11.2 Å². The second kappa shape index (κ2) is 5.87. The van der Waals surface area contributed by atoms with Crippen LogP contribution in [0.4, 0.5) is 5.69 Å². The maximum atomic E-state index is 12.0. The van der Waals surface area contributed by atoms with Crippen LogP contribution in [-0.4, -0.2) is 28.4 Å². The lowest BCUT2D eigenvalue weighted by Gasteiger charge is -2.20. The first kappa shape index (κ1) is 13.8. The normalized spacial score (nSPS) is 13.9. The van der Waals surface area contributed by atoms with Crippen LogP contribution in [0.15, 0.2) is 18.3 Å². The lowest BCUT2D eigenvalue weighted by molar-refractivity contribution is -0.130. The van der Waals surface area contributed by atoms with E-state index in [4.69, 9.17) is 5.73 Å². The molecule has 1 aliphatic carbocycles. The number of nitrogen functional groups attached to an aromatic ring is 1. The number of halogens is 1. The number of nitrogens with two attached hydrogens (primary N) is 1. The number of pyridine rings is 1. The van der Waals surface area contributed by atoms with Crippen molar-refractivity contribution in [3.63, 3.8) is 0 Å². The molecule has 0 bridgehead atoms. The van der Waals surface area contributed by atoms with Gasteiger partial charge in [-0.3, -0.25) is 9.78 Å². The zero-order valence-electron chi connectivity index (χ0n) is 9.93. The van der Waals surface area contributed by atoms with Crippen molar-refractivity contribution in [2.45, 2.75) is 32.2 Å². The number of anilines is 1. The van der Waals surface area contributed by atoms with Crippen LogP contribution in [0, 0.1) is 0 Å². The molecule has 1 aliphatic rings. The summed E-state index contributed by atoms with van der Waals surface area (Å²) in [5.41, 5.74) is 6.96. The number of carbonyl (C=O) groups is 1. The van der Waals surface area contributed by atoms with Crippen molar-refractivity contribution < 1.29 is 4.79 Å². The lowest BCUT2D eigenvalue weighted by atomic mass is 10.2. The Hall–Kier alpha value is -1.29. The average molecular weight is 256 g/mol. The maximum Gasteiger partial charge on any atom is 0.228 e. The number of aromatic nitrogens is 1. The Morgan fingerprint density at radius 1 is 1.53 bits per heavy atom. The Morgan fingerprint density at radius 3 is 2.71 bits per heavy atom. The summed E-state index contributed by atoms with van der Waals surface area (Å²) in [4.78, 5) is 18.0. The van der Waals surface area contributed by atoms with Crippen LogP contribution >= 0.6 is 12.4 Å². The minimum absolute atomic E-state index is 0. The van der Waals surface area contributed by atoms with Gasteiger partial charge in [0.15, 0.2) is 0 Å². The molecule has 0 unspecified atom stereocenters. The molecule has 1 saturated carbocycles. The topological polar surface area (TPSA) is 59.2 Å². The van der Waals surface area contributed by atoms with Gasteiger partial charge in [-0.25, -0.2) is 0 Å². The monoisotopic (exact) mass is 255 g/mol. The first-order chi connectivity index (χ1) is 7.70. The lowest BCUT2D eigenvalue weighted by Crippen LogP contribution is -2.34. The number of hydrogen-bond donors (Lipinski definition) is 1. The fourth-order valence-corrected chi connectivity index (χ4v) is 1.82. The van der Waals surface area contributed by atoms with E-state index in [2.05, 4.69) is 4.98 Å². The minimum atomic E-state index is 0. The molecule has 5 heteroatoms. The van der Waals surface area contributed by atoms with Gasteiger partial charge in [-0.15, -0.1) is 12.4 Å². The van der Waals surface area contributed by atoms with Gasteiger partial charge in [0.2, 0.25) is 5.91 Å². The molecule has 1 aromatic heterocycles. The fourth-order valence-electron chi connectivity index (χ4n) is 1.82. The quantitative estimate of drug-likeness (QED) is 0.890. The van der Waals surface area contributed by atoms with E-state index >= 15 is 0 Å². The highest BCUT2D eigenvalue weighted by Crippen LogP contribution is 2.26. The molecule has 1 amide bonds. The Labute approximate surface area is 108 Å². The van der Waals surface area contributed by atoms with Gasteiger partial charge in [0.25, 0.3) is 0 Å². The second-order valence-corrected chi connectivity index (χ2v) is 4.17. The van der Waals surface area contributed by atoms with E-state index in [1.165, 1.54) is 0 Å². The van der Waals surface area contributed by atoms with Gasteiger partial charge in [-0.05, 0) is 31.9 Å². The molecule has 94 valence electrons. The van der Waals surface area contributed by atoms with Crippen molar-refractivity contribution >= 4 is 24.0 Å². The molecule has 2 rings (SSSR count). The third-order valence-electron chi connectivity index (χ3n) is 2.83. The smallest absolute Gasteiger partial charge is 0.228 e. The van der Waals surface area contributed by atoms with Crippen molar-refractivity contribution in [3.05, 3.63) is 24.0 Å². The Kier molecular flexibility index (Phi) is 4.75. The third kappa shape index (κ3) is 3.60. The minimum Gasteiger partial charge on any atom is -0.397 e. The highest BCUT2D eigenvalue weighted by Gasteiger charge is 2.31. The summed E-state index contributed by atoms with van der Waals surface area (Å²) < 4.78 is 0. The molecule has 1 heterocycles. The van der Waals surface area contributed by atoms with Crippen molar-refractivity contribution in [3.8, 4) is 0 Å². The van der Waals surface area contributed by atoms with Crippen LogP contribution in [0.2, 0.25) is 0 Å². The van der Waals surface area contributed by atoms with E-state index in [9.17, 15) is 4.79 Å². The Bertz CT molecular complexity index is 376. The Balaban J connectivity index is 0.00000144. The van der Waals surface area contributed by atoms with Gasteiger partial charge < -0.3 is 10.6 Å². The van der Waals surface area contributed by atoms with Crippen LogP contribution in [0.1, 0.15) is 25.5 Å². The number of likely N-dealkylation sites (N-methyl/N-ethyl adjacent to an activating group) is 1. The van der Waals surface area contributed by atoms with Crippen molar-refractivity contribution in [2.24, 2.45) is 0 Å². The maximum absolute atomic E-state index is 12.0. The highest BCUT2D eigenvalue weighted by molar-refractivity contribution is 5.85. The van der Waals surface area contributed by atoms with Crippen molar-refractivity contribution in [1.29, 1.82) is 0 Å². The molecule has 0 aromatic carbocycles. The molecule has 0 spiro atoms. The Morgan fingerprint density at radius 2 is 2.24 bits per heavy atom. The second-order valence-electron chi connectivity index (χ2n) is 4.17. The summed E-state index contributed by atoms with van der Waals surface area (Å²) in [6.07, 6.45) is 4.27. The molecular formula is C12H18ClN3O. The molecule has 1 fully saturated rings. The molecule has 4 nitrogen and oxygen atoms in total. The van der Waals surface area contributed by atoms with Gasteiger partial charge in [0.1, 0.15) is 0 Å². The van der Waals surface area contributed by atoms with Gasteiger partial charge in [0.05, 0.1) is 18.3 Å². The molecule has 0 saturated heterocycles. The molecule has 0 radical (unpaired) electrons. The zero-order chi connectivity index (χ0) is 11.5. The van der Waals surface area contributed by atoms with Gasteiger partial charge >= 0.3 is 0 Å². The van der Waals surface area contributed by atoms with Crippen LogP contribution in [0.3, 0.4) is 0 Å². The highest BCUT2D eigenvalue weighted by atomic mass is 35.5. The summed E-state index contributed by atoms with van der Waals surface area (Å²) in [6, 6.07) is 4.07. The number of rotatable bonds is 4. The summed E-state index contributed by atoms with van der Waals surface area (Å²) >= 11 is 0. The molecule has 0 atom stereocenters.